The zero-order chi connectivity index (χ0) is 18.4. The summed E-state index contributed by atoms with van der Waals surface area (Å²) in [5, 5.41) is 9.96. The van der Waals surface area contributed by atoms with E-state index in [9.17, 15) is 18.3 Å². The lowest BCUT2D eigenvalue weighted by atomic mass is 10.0. The largest absolute Gasteiger partial charge is 0.491 e. The maximum atomic E-state index is 11.7. The number of carbonyl (C=O) groups excluding carboxylic acids is 1. The van der Waals surface area contributed by atoms with Crippen molar-refractivity contribution < 1.29 is 27.8 Å². The van der Waals surface area contributed by atoms with Crippen molar-refractivity contribution >= 4 is 16.1 Å². The van der Waals surface area contributed by atoms with Crippen LogP contribution in [-0.2, 0) is 14.8 Å². The normalized spacial score (nSPS) is 13.3. The van der Waals surface area contributed by atoms with Crippen LogP contribution in [0.15, 0.2) is 29.2 Å². The average Bonchev–Trinajstić information content (AvgIpc) is 2.50. The van der Waals surface area contributed by atoms with Crippen LogP contribution >= 0.6 is 0 Å². The number of sulfonamides is 1. The Hall–Kier alpha value is -1.84. The van der Waals surface area contributed by atoms with Gasteiger partial charge in [-0.05, 0) is 45.9 Å². The molecule has 0 aliphatic heterocycles. The molecule has 1 rings (SSSR count). The van der Waals surface area contributed by atoms with E-state index in [1.807, 2.05) is 0 Å². The van der Waals surface area contributed by atoms with Gasteiger partial charge in [0.05, 0.1) is 11.0 Å². The molecular formula is C15H24N2O6S. The van der Waals surface area contributed by atoms with Crippen molar-refractivity contribution in [3.63, 3.8) is 0 Å². The highest BCUT2D eigenvalue weighted by Gasteiger charge is 2.23. The lowest BCUT2D eigenvalue weighted by Crippen LogP contribution is -2.32. The van der Waals surface area contributed by atoms with Crippen LogP contribution in [0.25, 0.3) is 0 Å². The first-order valence-electron chi connectivity index (χ1n) is 7.39. The summed E-state index contributed by atoms with van der Waals surface area (Å²) in [4.78, 5) is 10.8. The van der Waals surface area contributed by atoms with E-state index in [1.54, 1.807) is 26.0 Å². The maximum Gasteiger partial charge on any atom is 0.405 e. The standard InChI is InChI=1S/C15H24N2O6S/c1-15(2,23-14(16)19)8-7-11(18)10-22-12-5-4-6-13(9-12)24(20,21)17-3/h4-6,9,11,17-18H,7-8,10H2,1-3H3,(H2,16,19). The number of hydrogen-bond acceptors (Lipinski definition) is 6. The number of nitrogens with one attached hydrogen (secondary N) is 1. The molecule has 0 fully saturated rings. The molecule has 4 N–H and O–H groups in total. The second-order valence-electron chi connectivity index (χ2n) is 5.87. The van der Waals surface area contributed by atoms with Gasteiger partial charge in [0.2, 0.25) is 10.0 Å². The number of amides is 1. The summed E-state index contributed by atoms with van der Waals surface area (Å²) in [5.41, 5.74) is 4.19. The molecule has 136 valence electrons. The van der Waals surface area contributed by atoms with Gasteiger partial charge in [0.25, 0.3) is 0 Å². The highest BCUT2D eigenvalue weighted by molar-refractivity contribution is 7.89. The SMILES string of the molecule is CNS(=O)(=O)c1cccc(OCC(O)CCC(C)(C)OC(N)=O)c1. The van der Waals surface area contributed by atoms with Crippen LogP contribution in [0.1, 0.15) is 26.7 Å². The third-order valence-corrected chi connectivity index (χ3v) is 4.70. The molecule has 0 saturated carbocycles. The number of nitrogens with two attached hydrogens (primary N) is 1. The fraction of sp³-hybridized carbons (Fsp3) is 0.533. The van der Waals surface area contributed by atoms with Gasteiger partial charge < -0.3 is 20.3 Å². The van der Waals surface area contributed by atoms with E-state index in [-0.39, 0.29) is 11.5 Å². The average molecular weight is 360 g/mol. The Morgan fingerprint density at radius 2 is 2.08 bits per heavy atom. The van der Waals surface area contributed by atoms with E-state index in [4.69, 9.17) is 15.2 Å². The molecule has 0 heterocycles. The molecule has 8 nitrogen and oxygen atoms in total. The maximum absolute atomic E-state index is 11.7. The molecule has 0 aliphatic carbocycles. The molecule has 9 heteroatoms. The van der Waals surface area contributed by atoms with E-state index in [0.29, 0.717) is 18.6 Å². The minimum absolute atomic E-state index is 0.0181. The summed E-state index contributed by atoms with van der Waals surface area (Å²) in [6.07, 6.45) is -0.942. The van der Waals surface area contributed by atoms with Gasteiger partial charge in [0.1, 0.15) is 18.0 Å². The summed E-state index contributed by atoms with van der Waals surface area (Å²) in [6, 6.07) is 5.97. The lowest BCUT2D eigenvalue weighted by Gasteiger charge is -2.25. The molecule has 1 aromatic rings. The van der Waals surface area contributed by atoms with Crippen LogP contribution in [0.3, 0.4) is 0 Å². The predicted octanol–water partition coefficient (Wildman–Crippen LogP) is 0.988. The Balaban J connectivity index is 2.55. The fourth-order valence-corrected chi connectivity index (χ4v) is 2.73. The van der Waals surface area contributed by atoms with Crippen molar-refractivity contribution in [2.45, 2.75) is 43.3 Å². The minimum atomic E-state index is -3.55. The van der Waals surface area contributed by atoms with Gasteiger partial charge in [0, 0.05) is 6.07 Å². The van der Waals surface area contributed by atoms with Crippen molar-refractivity contribution in [3.8, 4) is 5.75 Å². The van der Waals surface area contributed by atoms with E-state index < -0.39 is 27.8 Å². The molecule has 0 bridgehead atoms. The van der Waals surface area contributed by atoms with Crippen molar-refractivity contribution in [1.82, 2.24) is 4.72 Å². The molecular weight excluding hydrogens is 336 g/mol. The number of primary amides is 1. The summed E-state index contributed by atoms with van der Waals surface area (Å²) in [5.74, 6) is 0.332. The van der Waals surface area contributed by atoms with Crippen LogP contribution in [0.5, 0.6) is 5.75 Å². The molecule has 1 aromatic carbocycles. The van der Waals surface area contributed by atoms with Gasteiger partial charge in [-0.2, -0.15) is 0 Å². The third-order valence-electron chi connectivity index (χ3n) is 3.28. The molecule has 1 unspecified atom stereocenters. The first-order valence-corrected chi connectivity index (χ1v) is 8.87. The van der Waals surface area contributed by atoms with E-state index in [1.165, 1.54) is 19.2 Å². The number of hydrogen-bond donors (Lipinski definition) is 3. The number of aliphatic hydroxyl groups excluding tert-OH is 1. The molecule has 1 atom stereocenters. The van der Waals surface area contributed by atoms with Crippen molar-refractivity contribution in [2.24, 2.45) is 5.73 Å². The fourth-order valence-electron chi connectivity index (χ4n) is 1.96. The van der Waals surface area contributed by atoms with Gasteiger partial charge in [-0.3, -0.25) is 0 Å². The zero-order valence-corrected chi connectivity index (χ0v) is 14.8. The van der Waals surface area contributed by atoms with Crippen molar-refractivity contribution in [1.29, 1.82) is 0 Å². The number of aliphatic hydroxyl groups is 1. The number of ether oxygens (including phenoxy) is 2. The first kappa shape index (κ1) is 20.2. The topological polar surface area (TPSA) is 128 Å². The molecule has 24 heavy (non-hydrogen) atoms. The lowest BCUT2D eigenvalue weighted by molar-refractivity contribution is 0.0190. The minimum Gasteiger partial charge on any atom is -0.491 e. The van der Waals surface area contributed by atoms with Crippen LogP contribution in [0.4, 0.5) is 4.79 Å². The van der Waals surface area contributed by atoms with E-state index >= 15 is 0 Å². The Morgan fingerprint density at radius 1 is 1.42 bits per heavy atom. The molecule has 0 aromatic heterocycles. The number of rotatable bonds is 9. The summed E-state index contributed by atoms with van der Waals surface area (Å²) in [6.45, 7) is 3.37. The number of benzene rings is 1. The summed E-state index contributed by atoms with van der Waals surface area (Å²) < 4.78 is 36.0. The van der Waals surface area contributed by atoms with Crippen molar-refractivity contribution in [2.75, 3.05) is 13.7 Å². The van der Waals surface area contributed by atoms with Gasteiger partial charge in [-0.15, -0.1) is 0 Å². The smallest absolute Gasteiger partial charge is 0.405 e. The quantitative estimate of drug-likeness (QED) is 0.602. The Labute approximate surface area is 142 Å². The third kappa shape index (κ3) is 6.73. The molecule has 0 aliphatic rings. The van der Waals surface area contributed by atoms with Crippen LogP contribution in [0, 0.1) is 0 Å². The van der Waals surface area contributed by atoms with Gasteiger partial charge in [0.15, 0.2) is 0 Å². The highest BCUT2D eigenvalue weighted by atomic mass is 32.2. The van der Waals surface area contributed by atoms with Gasteiger partial charge in [-0.25, -0.2) is 17.9 Å². The van der Waals surface area contributed by atoms with Crippen LogP contribution in [-0.4, -0.2) is 45.0 Å². The van der Waals surface area contributed by atoms with Crippen LogP contribution in [0.2, 0.25) is 0 Å². The summed E-state index contributed by atoms with van der Waals surface area (Å²) >= 11 is 0. The Kier molecular flexibility index (Phi) is 7.00. The first-order chi connectivity index (χ1) is 11.1. The van der Waals surface area contributed by atoms with E-state index in [2.05, 4.69) is 4.72 Å². The zero-order valence-electron chi connectivity index (χ0n) is 14.0. The van der Waals surface area contributed by atoms with Crippen molar-refractivity contribution in [3.05, 3.63) is 24.3 Å². The second-order valence-corrected chi connectivity index (χ2v) is 7.75. The monoisotopic (exact) mass is 360 g/mol. The van der Waals surface area contributed by atoms with Crippen LogP contribution < -0.4 is 15.2 Å². The number of carbonyl (C=O) groups is 1. The molecule has 0 radical (unpaired) electrons. The molecule has 1 amide bonds. The molecule has 0 saturated heterocycles. The highest BCUT2D eigenvalue weighted by Crippen LogP contribution is 2.20. The van der Waals surface area contributed by atoms with Gasteiger partial charge in [-0.1, -0.05) is 6.07 Å². The van der Waals surface area contributed by atoms with Gasteiger partial charge >= 0.3 is 6.09 Å². The van der Waals surface area contributed by atoms with E-state index in [0.717, 1.165) is 0 Å². The Bertz CT molecular complexity index is 660. The Morgan fingerprint density at radius 3 is 2.67 bits per heavy atom. The summed E-state index contributed by atoms with van der Waals surface area (Å²) in [7, 11) is -2.23. The second kappa shape index (κ2) is 8.32. The molecule has 0 spiro atoms. The predicted molar refractivity (Wildman–Crippen MR) is 88.2 cm³/mol.